The van der Waals surface area contributed by atoms with Crippen LogP contribution in [0.3, 0.4) is 0 Å². The summed E-state index contributed by atoms with van der Waals surface area (Å²) in [6.07, 6.45) is 1.78. The molecule has 3 nitrogen and oxygen atoms in total. The van der Waals surface area contributed by atoms with Crippen LogP contribution in [0.5, 0.6) is 5.75 Å². The van der Waals surface area contributed by atoms with Gasteiger partial charge in [0, 0.05) is 12.7 Å². The van der Waals surface area contributed by atoms with Crippen LogP contribution in [0, 0.1) is 0 Å². The highest BCUT2D eigenvalue weighted by atomic mass is 16.5. The van der Waals surface area contributed by atoms with Gasteiger partial charge in [-0.1, -0.05) is 30.9 Å². The molecular weight excluding hydrogens is 204 g/mol. The maximum Gasteiger partial charge on any atom is 0.126 e. The maximum atomic E-state index is 5.57. The molecule has 0 aromatic heterocycles. The van der Waals surface area contributed by atoms with Crippen molar-refractivity contribution in [1.82, 2.24) is 0 Å². The third kappa shape index (κ3) is 4.47. The lowest BCUT2D eigenvalue weighted by atomic mass is 10.2. The average Bonchev–Trinajstić information content (AvgIpc) is 2.34. The van der Waals surface area contributed by atoms with Gasteiger partial charge in [0.1, 0.15) is 12.4 Å². The molecule has 0 radical (unpaired) electrons. The van der Waals surface area contributed by atoms with Crippen LogP contribution < -0.4 is 4.74 Å². The summed E-state index contributed by atoms with van der Waals surface area (Å²) < 4.78 is 15.7. The molecule has 0 saturated carbocycles. The molecule has 0 fully saturated rings. The van der Waals surface area contributed by atoms with Crippen molar-refractivity contribution in [2.24, 2.45) is 0 Å². The molecule has 0 spiro atoms. The Labute approximate surface area is 96.6 Å². The SMILES string of the molecule is C=Cc1ccccc1OCCOCCOC. The summed E-state index contributed by atoms with van der Waals surface area (Å²) in [5.74, 6) is 0.841. The molecule has 0 bridgehead atoms. The zero-order valence-corrected chi connectivity index (χ0v) is 9.65. The summed E-state index contributed by atoms with van der Waals surface area (Å²) in [6.45, 7) is 6.05. The molecule has 0 aliphatic carbocycles. The molecule has 88 valence electrons. The first-order valence-corrected chi connectivity index (χ1v) is 5.29. The van der Waals surface area contributed by atoms with E-state index in [0.29, 0.717) is 26.4 Å². The lowest BCUT2D eigenvalue weighted by Gasteiger charge is -2.09. The molecule has 0 amide bonds. The molecule has 0 aliphatic rings. The fourth-order valence-electron chi connectivity index (χ4n) is 1.24. The van der Waals surface area contributed by atoms with Crippen LogP contribution >= 0.6 is 0 Å². The number of methoxy groups -OCH3 is 1. The number of ether oxygens (including phenoxy) is 3. The molecule has 0 N–H and O–H groups in total. The fourth-order valence-corrected chi connectivity index (χ4v) is 1.24. The fraction of sp³-hybridized carbons (Fsp3) is 0.385. The Balaban J connectivity index is 2.23. The van der Waals surface area contributed by atoms with Crippen LogP contribution in [0.15, 0.2) is 30.8 Å². The highest BCUT2D eigenvalue weighted by Crippen LogP contribution is 2.18. The summed E-state index contributed by atoms with van der Waals surface area (Å²) >= 11 is 0. The van der Waals surface area contributed by atoms with Gasteiger partial charge in [0.15, 0.2) is 0 Å². The summed E-state index contributed by atoms with van der Waals surface area (Å²) in [5, 5.41) is 0. The first-order valence-electron chi connectivity index (χ1n) is 5.29. The van der Waals surface area contributed by atoms with Crippen LogP contribution in [-0.2, 0) is 9.47 Å². The molecule has 16 heavy (non-hydrogen) atoms. The van der Waals surface area contributed by atoms with Gasteiger partial charge in [0.25, 0.3) is 0 Å². The van der Waals surface area contributed by atoms with Crippen molar-refractivity contribution in [3.05, 3.63) is 36.4 Å². The van der Waals surface area contributed by atoms with Crippen LogP contribution in [0.1, 0.15) is 5.56 Å². The van der Waals surface area contributed by atoms with Gasteiger partial charge in [-0.25, -0.2) is 0 Å². The van der Waals surface area contributed by atoms with Gasteiger partial charge >= 0.3 is 0 Å². The maximum absolute atomic E-state index is 5.57. The Morgan fingerprint density at radius 1 is 1.12 bits per heavy atom. The van der Waals surface area contributed by atoms with Gasteiger partial charge in [0.05, 0.1) is 19.8 Å². The van der Waals surface area contributed by atoms with E-state index in [2.05, 4.69) is 6.58 Å². The predicted molar refractivity (Wildman–Crippen MR) is 64.7 cm³/mol. The van der Waals surface area contributed by atoms with Gasteiger partial charge in [-0.05, 0) is 6.07 Å². The summed E-state index contributed by atoms with van der Waals surface area (Å²) in [7, 11) is 1.65. The number of hydrogen-bond donors (Lipinski definition) is 0. The molecular formula is C13H18O3. The summed E-state index contributed by atoms with van der Waals surface area (Å²) in [4.78, 5) is 0. The van der Waals surface area contributed by atoms with Crippen LogP contribution in [0.25, 0.3) is 6.08 Å². The van der Waals surface area contributed by atoms with E-state index in [1.807, 2.05) is 24.3 Å². The van der Waals surface area contributed by atoms with E-state index in [-0.39, 0.29) is 0 Å². The molecule has 1 aromatic rings. The van der Waals surface area contributed by atoms with Crippen molar-refractivity contribution in [1.29, 1.82) is 0 Å². The molecule has 0 unspecified atom stereocenters. The smallest absolute Gasteiger partial charge is 0.126 e. The van der Waals surface area contributed by atoms with E-state index < -0.39 is 0 Å². The summed E-state index contributed by atoms with van der Waals surface area (Å²) in [6, 6.07) is 7.79. The average molecular weight is 222 g/mol. The van der Waals surface area contributed by atoms with Crippen molar-refractivity contribution >= 4 is 6.08 Å². The minimum Gasteiger partial charge on any atom is -0.491 e. The Bertz CT molecular complexity index is 310. The van der Waals surface area contributed by atoms with Gasteiger partial charge in [-0.15, -0.1) is 0 Å². The molecule has 1 aromatic carbocycles. The topological polar surface area (TPSA) is 27.7 Å². The standard InChI is InChI=1S/C13H18O3/c1-3-12-6-4-5-7-13(12)16-11-10-15-9-8-14-2/h3-7H,1,8-11H2,2H3. The molecule has 0 heterocycles. The lowest BCUT2D eigenvalue weighted by molar-refractivity contribution is 0.0544. The quantitative estimate of drug-likeness (QED) is 0.632. The van der Waals surface area contributed by atoms with Crippen LogP contribution in [-0.4, -0.2) is 33.5 Å². The molecule has 3 heteroatoms. The van der Waals surface area contributed by atoms with Crippen molar-refractivity contribution < 1.29 is 14.2 Å². The van der Waals surface area contributed by atoms with Crippen molar-refractivity contribution in [3.8, 4) is 5.75 Å². The highest BCUT2D eigenvalue weighted by molar-refractivity contribution is 5.55. The normalized spacial score (nSPS) is 10.1. The largest absolute Gasteiger partial charge is 0.491 e. The third-order valence-electron chi connectivity index (χ3n) is 2.06. The minimum atomic E-state index is 0.536. The Kier molecular flexibility index (Phi) is 6.30. The molecule has 0 atom stereocenters. The predicted octanol–water partition coefficient (Wildman–Crippen LogP) is 2.37. The van der Waals surface area contributed by atoms with Crippen molar-refractivity contribution in [3.63, 3.8) is 0 Å². The Hall–Kier alpha value is -1.32. The van der Waals surface area contributed by atoms with E-state index in [1.165, 1.54) is 0 Å². The Morgan fingerprint density at radius 2 is 1.88 bits per heavy atom. The van der Waals surface area contributed by atoms with E-state index in [4.69, 9.17) is 14.2 Å². The molecule has 0 aliphatic heterocycles. The van der Waals surface area contributed by atoms with E-state index in [1.54, 1.807) is 13.2 Å². The van der Waals surface area contributed by atoms with Gasteiger partial charge in [0.2, 0.25) is 0 Å². The van der Waals surface area contributed by atoms with Crippen molar-refractivity contribution in [2.75, 3.05) is 33.5 Å². The number of hydrogen-bond acceptors (Lipinski definition) is 3. The minimum absolute atomic E-state index is 0.536. The van der Waals surface area contributed by atoms with Gasteiger partial charge in [-0.3, -0.25) is 0 Å². The second-order valence-corrected chi connectivity index (χ2v) is 3.20. The van der Waals surface area contributed by atoms with Crippen LogP contribution in [0.4, 0.5) is 0 Å². The first-order chi connectivity index (χ1) is 7.88. The Morgan fingerprint density at radius 3 is 2.62 bits per heavy atom. The monoisotopic (exact) mass is 222 g/mol. The number of rotatable bonds is 8. The second-order valence-electron chi connectivity index (χ2n) is 3.20. The zero-order chi connectivity index (χ0) is 11.6. The van der Waals surface area contributed by atoms with Crippen molar-refractivity contribution in [2.45, 2.75) is 0 Å². The number of para-hydroxylation sites is 1. The lowest BCUT2D eigenvalue weighted by Crippen LogP contribution is -2.10. The van der Waals surface area contributed by atoms with Gasteiger partial charge in [-0.2, -0.15) is 0 Å². The first kappa shape index (κ1) is 12.7. The van der Waals surface area contributed by atoms with Crippen LogP contribution in [0.2, 0.25) is 0 Å². The molecule has 0 saturated heterocycles. The molecule has 1 rings (SSSR count). The highest BCUT2D eigenvalue weighted by Gasteiger charge is 1.98. The second kappa shape index (κ2) is 7.91. The van der Waals surface area contributed by atoms with E-state index >= 15 is 0 Å². The van der Waals surface area contributed by atoms with E-state index in [9.17, 15) is 0 Å². The summed E-state index contributed by atoms with van der Waals surface area (Å²) in [5.41, 5.74) is 0.999. The zero-order valence-electron chi connectivity index (χ0n) is 9.65. The number of benzene rings is 1. The third-order valence-corrected chi connectivity index (χ3v) is 2.06. The van der Waals surface area contributed by atoms with E-state index in [0.717, 1.165) is 11.3 Å². The van der Waals surface area contributed by atoms with Gasteiger partial charge < -0.3 is 14.2 Å².